The van der Waals surface area contributed by atoms with Gasteiger partial charge >= 0.3 is 0 Å². The Morgan fingerprint density at radius 3 is 2.70 bits per heavy atom. The van der Waals surface area contributed by atoms with Gasteiger partial charge in [-0.2, -0.15) is 5.10 Å². The van der Waals surface area contributed by atoms with Crippen molar-refractivity contribution in [2.24, 2.45) is 0 Å². The zero-order chi connectivity index (χ0) is 25.2. The lowest BCUT2D eigenvalue weighted by Gasteiger charge is -2.10. The summed E-state index contributed by atoms with van der Waals surface area (Å²) in [5.74, 6) is 0.582. The molecule has 184 valence electrons. The van der Waals surface area contributed by atoms with Crippen molar-refractivity contribution in [2.75, 3.05) is 5.32 Å². The largest absolute Gasteiger partial charge is 0.322 e. The van der Waals surface area contributed by atoms with E-state index in [2.05, 4.69) is 25.6 Å². The highest BCUT2D eigenvalue weighted by atomic mass is 19.1. The van der Waals surface area contributed by atoms with Gasteiger partial charge in [0.2, 0.25) is 0 Å². The molecule has 4 heterocycles. The molecular formula is C28H24FN7O. The maximum absolute atomic E-state index is 14.9. The van der Waals surface area contributed by atoms with Gasteiger partial charge in [0.25, 0.3) is 5.91 Å². The highest BCUT2D eigenvalue weighted by Crippen LogP contribution is 2.29. The number of aryl methyl sites for hydroxylation is 1. The van der Waals surface area contributed by atoms with Crippen LogP contribution in [0.3, 0.4) is 0 Å². The third-order valence-corrected chi connectivity index (χ3v) is 6.49. The van der Waals surface area contributed by atoms with Crippen LogP contribution in [0.1, 0.15) is 35.4 Å². The molecule has 0 saturated heterocycles. The lowest BCUT2D eigenvalue weighted by Crippen LogP contribution is -2.13. The summed E-state index contributed by atoms with van der Waals surface area (Å²) in [4.78, 5) is 17.7. The molecule has 0 bridgehead atoms. The van der Waals surface area contributed by atoms with Gasteiger partial charge in [-0.3, -0.25) is 9.78 Å². The van der Waals surface area contributed by atoms with Gasteiger partial charge < -0.3 is 9.88 Å². The maximum Gasteiger partial charge on any atom is 0.259 e. The molecule has 1 amide bonds. The Morgan fingerprint density at radius 2 is 1.86 bits per heavy atom. The summed E-state index contributed by atoms with van der Waals surface area (Å²) < 4.78 is 18.6. The van der Waals surface area contributed by atoms with E-state index in [1.807, 2.05) is 41.0 Å². The number of nitrogens with one attached hydrogen (secondary N) is 1. The molecule has 37 heavy (non-hydrogen) atoms. The number of hydrogen-bond acceptors (Lipinski definition) is 5. The highest BCUT2D eigenvalue weighted by Gasteiger charge is 2.22. The van der Waals surface area contributed by atoms with Gasteiger partial charge in [0.15, 0.2) is 5.82 Å². The van der Waals surface area contributed by atoms with Crippen LogP contribution >= 0.6 is 0 Å². The molecule has 0 fully saturated rings. The summed E-state index contributed by atoms with van der Waals surface area (Å²) in [7, 11) is 0. The van der Waals surface area contributed by atoms with Crippen molar-refractivity contribution in [1.29, 1.82) is 0 Å². The lowest BCUT2D eigenvalue weighted by molar-refractivity contribution is 0.102. The van der Waals surface area contributed by atoms with E-state index in [-0.39, 0.29) is 5.91 Å². The third kappa shape index (κ3) is 4.51. The number of rotatable bonds is 5. The summed E-state index contributed by atoms with van der Waals surface area (Å²) in [6, 6.07) is 17.7. The molecule has 0 aliphatic carbocycles. The predicted octanol–water partition coefficient (Wildman–Crippen LogP) is 5.31. The molecule has 1 aliphatic heterocycles. The number of amides is 1. The number of aromatic nitrogens is 6. The molecule has 5 aromatic rings. The number of fused-ring (bicyclic) bond motifs is 1. The quantitative estimate of drug-likeness (QED) is 0.358. The van der Waals surface area contributed by atoms with Crippen molar-refractivity contribution in [3.8, 4) is 28.3 Å². The van der Waals surface area contributed by atoms with Gasteiger partial charge in [-0.05, 0) is 55.3 Å². The lowest BCUT2D eigenvalue weighted by atomic mass is 10.1. The minimum Gasteiger partial charge on any atom is -0.322 e. The molecule has 0 saturated carbocycles. The van der Waals surface area contributed by atoms with E-state index < -0.39 is 5.82 Å². The Balaban J connectivity index is 1.35. The second-order valence-corrected chi connectivity index (χ2v) is 8.96. The van der Waals surface area contributed by atoms with Gasteiger partial charge in [0.1, 0.15) is 17.3 Å². The predicted molar refractivity (Wildman–Crippen MR) is 138 cm³/mol. The van der Waals surface area contributed by atoms with E-state index >= 15 is 0 Å². The average molecular weight is 494 g/mol. The standard InChI is InChI=1S/C28H24FN7O/c29-24-13-12-20(16-22(24)27-33-32-25-11-5-2-6-15-35(25)27)31-28(37)23-18-36(21-9-3-1-4-10-21)34-26(23)19-8-7-14-30-17-19/h1,3-4,7-10,12-14,16-18H,2,5-6,11,15H2,(H,31,37). The summed E-state index contributed by atoms with van der Waals surface area (Å²) >= 11 is 0. The molecule has 3 aromatic heterocycles. The van der Waals surface area contributed by atoms with Gasteiger partial charge in [0.05, 0.1) is 16.8 Å². The normalized spacial score (nSPS) is 13.1. The Bertz CT molecular complexity index is 1560. The van der Waals surface area contributed by atoms with Crippen LogP contribution in [-0.2, 0) is 13.0 Å². The molecule has 0 unspecified atom stereocenters. The first-order chi connectivity index (χ1) is 18.2. The number of para-hydroxylation sites is 1. The molecule has 0 atom stereocenters. The van der Waals surface area contributed by atoms with Crippen molar-refractivity contribution < 1.29 is 9.18 Å². The molecule has 1 aliphatic rings. The Labute approximate surface area is 212 Å². The summed E-state index contributed by atoms with van der Waals surface area (Å²) in [5.41, 5.74) is 3.18. The monoisotopic (exact) mass is 493 g/mol. The summed E-state index contributed by atoms with van der Waals surface area (Å²) in [6.07, 6.45) is 9.01. The minimum atomic E-state index is -0.412. The second-order valence-electron chi connectivity index (χ2n) is 8.96. The van der Waals surface area contributed by atoms with E-state index in [1.165, 1.54) is 6.07 Å². The van der Waals surface area contributed by atoms with Crippen molar-refractivity contribution in [1.82, 2.24) is 29.5 Å². The zero-order valence-corrected chi connectivity index (χ0v) is 20.0. The molecular weight excluding hydrogens is 469 g/mol. The second kappa shape index (κ2) is 9.77. The van der Waals surface area contributed by atoms with Crippen molar-refractivity contribution in [3.05, 3.63) is 96.5 Å². The number of anilines is 1. The van der Waals surface area contributed by atoms with Gasteiger partial charge in [0, 0.05) is 42.8 Å². The Morgan fingerprint density at radius 1 is 0.973 bits per heavy atom. The molecule has 0 spiro atoms. The molecule has 8 nitrogen and oxygen atoms in total. The molecule has 0 radical (unpaired) electrons. The van der Waals surface area contributed by atoms with Crippen LogP contribution in [0.2, 0.25) is 0 Å². The topological polar surface area (TPSA) is 90.5 Å². The van der Waals surface area contributed by atoms with Crippen LogP contribution in [0.15, 0.2) is 79.3 Å². The van der Waals surface area contributed by atoms with Crippen LogP contribution in [-0.4, -0.2) is 35.4 Å². The number of benzene rings is 2. The SMILES string of the molecule is O=C(Nc1ccc(F)c(-c2nnc3n2CCCCC3)c1)c1cn(-c2ccccc2)nc1-c1cccnc1. The van der Waals surface area contributed by atoms with Crippen molar-refractivity contribution in [3.63, 3.8) is 0 Å². The van der Waals surface area contributed by atoms with Crippen LogP contribution in [0.5, 0.6) is 0 Å². The molecule has 1 N–H and O–H groups in total. The van der Waals surface area contributed by atoms with E-state index in [1.54, 1.807) is 41.5 Å². The minimum absolute atomic E-state index is 0.311. The number of hydrogen-bond donors (Lipinski definition) is 1. The van der Waals surface area contributed by atoms with Crippen LogP contribution in [0.4, 0.5) is 10.1 Å². The zero-order valence-electron chi connectivity index (χ0n) is 20.0. The third-order valence-electron chi connectivity index (χ3n) is 6.49. The van der Waals surface area contributed by atoms with E-state index in [0.717, 1.165) is 43.7 Å². The smallest absolute Gasteiger partial charge is 0.259 e. The van der Waals surface area contributed by atoms with Gasteiger partial charge in [-0.15, -0.1) is 10.2 Å². The van der Waals surface area contributed by atoms with E-state index in [9.17, 15) is 9.18 Å². The first-order valence-electron chi connectivity index (χ1n) is 12.3. The van der Waals surface area contributed by atoms with Crippen LogP contribution < -0.4 is 5.32 Å². The fourth-order valence-corrected chi connectivity index (χ4v) is 4.63. The van der Waals surface area contributed by atoms with Gasteiger partial charge in [-0.25, -0.2) is 9.07 Å². The van der Waals surface area contributed by atoms with E-state index in [0.29, 0.717) is 33.9 Å². The Kier molecular flexibility index (Phi) is 6.02. The number of carbonyl (C=O) groups excluding carboxylic acids is 1. The number of carbonyl (C=O) groups is 1. The van der Waals surface area contributed by atoms with Crippen molar-refractivity contribution in [2.45, 2.75) is 32.2 Å². The number of nitrogens with zero attached hydrogens (tertiary/aromatic N) is 6. The Hall–Kier alpha value is -4.66. The number of halogens is 1. The average Bonchev–Trinajstić information content (AvgIpc) is 3.49. The summed E-state index contributed by atoms with van der Waals surface area (Å²) in [5, 5.41) is 16.2. The molecule has 6 rings (SSSR count). The first-order valence-corrected chi connectivity index (χ1v) is 12.3. The number of pyridine rings is 1. The van der Waals surface area contributed by atoms with Crippen molar-refractivity contribution >= 4 is 11.6 Å². The van der Waals surface area contributed by atoms with E-state index in [4.69, 9.17) is 0 Å². The maximum atomic E-state index is 14.9. The first kappa shape index (κ1) is 22.8. The highest BCUT2D eigenvalue weighted by molar-refractivity contribution is 6.08. The molecule has 9 heteroatoms. The molecule has 2 aromatic carbocycles. The van der Waals surface area contributed by atoms with Crippen LogP contribution in [0.25, 0.3) is 28.3 Å². The fraction of sp³-hybridized carbons (Fsp3) is 0.179. The fourth-order valence-electron chi connectivity index (χ4n) is 4.63. The van der Waals surface area contributed by atoms with Gasteiger partial charge in [-0.1, -0.05) is 24.6 Å². The van der Waals surface area contributed by atoms with Crippen LogP contribution in [0, 0.1) is 5.82 Å². The summed E-state index contributed by atoms with van der Waals surface area (Å²) in [6.45, 7) is 0.751.